The lowest BCUT2D eigenvalue weighted by atomic mass is 9.83. The highest BCUT2D eigenvalue weighted by atomic mass is 14.9. The summed E-state index contributed by atoms with van der Waals surface area (Å²) < 4.78 is 0. The Labute approximate surface area is 126 Å². The lowest BCUT2D eigenvalue weighted by Gasteiger charge is -2.25. The van der Waals surface area contributed by atoms with Crippen LogP contribution in [0.1, 0.15) is 64.5 Å². The molecule has 0 aliphatic heterocycles. The topological polar surface area (TPSA) is 12.0 Å². The van der Waals surface area contributed by atoms with Crippen molar-refractivity contribution in [3.8, 4) is 0 Å². The summed E-state index contributed by atoms with van der Waals surface area (Å²) in [5.41, 5.74) is 3.37. The van der Waals surface area contributed by atoms with Crippen LogP contribution in [0.3, 0.4) is 0 Å². The maximum absolute atomic E-state index is 3.65. The second kappa shape index (κ2) is 7.83. The first kappa shape index (κ1) is 17.2. The van der Waals surface area contributed by atoms with Gasteiger partial charge in [-0.15, -0.1) is 0 Å². The van der Waals surface area contributed by atoms with Crippen molar-refractivity contribution in [3.63, 3.8) is 0 Å². The van der Waals surface area contributed by atoms with Crippen LogP contribution in [-0.2, 0) is 0 Å². The van der Waals surface area contributed by atoms with Gasteiger partial charge in [-0.05, 0) is 54.7 Å². The third kappa shape index (κ3) is 6.56. The molecule has 0 fully saturated rings. The van der Waals surface area contributed by atoms with Gasteiger partial charge in [0.1, 0.15) is 0 Å². The fourth-order valence-corrected chi connectivity index (χ4v) is 2.57. The molecule has 0 saturated carbocycles. The van der Waals surface area contributed by atoms with Crippen LogP contribution in [0.15, 0.2) is 24.3 Å². The molecular formula is C19H33N. The molecule has 1 nitrogen and oxygen atoms in total. The standard InChI is InChI=1S/C19H33N/c1-15(2)13-20-14-17(11-12-19(4,5)6)18-10-8-7-9-16(18)3/h7-10,15,17,20H,11-14H2,1-6H3. The average molecular weight is 275 g/mol. The normalized spacial score (nSPS) is 13.8. The van der Waals surface area contributed by atoms with Gasteiger partial charge in [0.2, 0.25) is 0 Å². The lowest BCUT2D eigenvalue weighted by molar-refractivity contribution is 0.342. The molecule has 0 aromatic heterocycles. The predicted molar refractivity (Wildman–Crippen MR) is 90.3 cm³/mol. The monoisotopic (exact) mass is 275 g/mol. The number of hydrogen-bond donors (Lipinski definition) is 1. The highest BCUT2D eigenvalue weighted by Crippen LogP contribution is 2.30. The van der Waals surface area contributed by atoms with Crippen molar-refractivity contribution >= 4 is 0 Å². The number of rotatable bonds is 7. The Morgan fingerprint density at radius 3 is 2.25 bits per heavy atom. The maximum Gasteiger partial charge on any atom is 0.00203 e. The molecule has 1 heteroatoms. The van der Waals surface area contributed by atoms with Crippen molar-refractivity contribution in [2.45, 2.75) is 60.3 Å². The molecule has 1 atom stereocenters. The summed E-state index contributed by atoms with van der Waals surface area (Å²) >= 11 is 0. The zero-order valence-electron chi connectivity index (χ0n) is 14.3. The summed E-state index contributed by atoms with van der Waals surface area (Å²) in [4.78, 5) is 0. The van der Waals surface area contributed by atoms with Crippen molar-refractivity contribution in [1.29, 1.82) is 0 Å². The van der Waals surface area contributed by atoms with Crippen LogP contribution in [0.25, 0.3) is 0 Å². The molecule has 0 bridgehead atoms. The quantitative estimate of drug-likeness (QED) is 0.725. The Hall–Kier alpha value is -0.820. The van der Waals surface area contributed by atoms with Crippen LogP contribution in [0, 0.1) is 18.3 Å². The van der Waals surface area contributed by atoms with Gasteiger partial charge < -0.3 is 5.32 Å². The van der Waals surface area contributed by atoms with E-state index < -0.39 is 0 Å². The van der Waals surface area contributed by atoms with E-state index in [4.69, 9.17) is 0 Å². The molecule has 0 spiro atoms. The summed E-state index contributed by atoms with van der Waals surface area (Å²) in [6.07, 6.45) is 2.54. The number of nitrogens with one attached hydrogen (secondary N) is 1. The highest BCUT2D eigenvalue weighted by Gasteiger charge is 2.18. The number of benzene rings is 1. The molecule has 0 aliphatic rings. The third-order valence-electron chi connectivity index (χ3n) is 3.81. The second-order valence-electron chi connectivity index (χ2n) is 7.70. The third-order valence-corrected chi connectivity index (χ3v) is 3.81. The Morgan fingerprint density at radius 2 is 1.70 bits per heavy atom. The van der Waals surface area contributed by atoms with Gasteiger partial charge in [0.25, 0.3) is 0 Å². The fourth-order valence-electron chi connectivity index (χ4n) is 2.57. The zero-order chi connectivity index (χ0) is 15.2. The van der Waals surface area contributed by atoms with Crippen LogP contribution < -0.4 is 5.32 Å². The van der Waals surface area contributed by atoms with Crippen molar-refractivity contribution in [2.75, 3.05) is 13.1 Å². The molecule has 0 amide bonds. The van der Waals surface area contributed by atoms with E-state index in [2.05, 4.69) is 71.1 Å². The van der Waals surface area contributed by atoms with Gasteiger partial charge in [0.05, 0.1) is 0 Å². The first-order chi connectivity index (χ1) is 9.29. The van der Waals surface area contributed by atoms with Gasteiger partial charge in [0.15, 0.2) is 0 Å². The molecular weight excluding hydrogens is 242 g/mol. The van der Waals surface area contributed by atoms with E-state index in [1.165, 1.54) is 24.0 Å². The van der Waals surface area contributed by atoms with Gasteiger partial charge >= 0.3 is 0 Å². The number of aryl methyl sites for hydroxylation is 1. The molecule has 1 aromatic rings. The molecule has 1 aromatic carbocycles. The first-order valence-electron chi connectivity index (χ1n) is 8.06. The van der Waals surface area contributed by atoms with Gasteiger partial charge in [-0.25, -0.2) is 0 Å². The van der Waals surface area contributed by atoms with E-state index in [1.54, 1.807) is 0 Å². The average Bonchev–Trinajstić information content (AvgIpc) is 2.33. The minimum absolute atomic E-state index is 0.416. The molecule has 0 radical (unpaired) electrons. The van der Waals surface area contributed by atoms with E-state index in [9.17, 15) is 0 Å². The van der Waals surface area contributed by atoms with Gasteiger partial charge in [-0.1, -0.05) is 58.9 Å². The zero-order valence-corrected chi connectivity index (χ0v) is 14.3. The van der Waals surface area contributed by atoms with Crippen LogP contribution >= 0.6 is 0 Å². The summed E-state index contributed by atoms with van der Waals surface area (Å²) in [5.74, 6) is 1.35. The van der Waals surface area contributed by atoms with Crippen LogP contribution in [0.5, 0.6) is 0 Å². The van der Waals surface area contributed by atoms with Gasteiger partial charge in [-0.3, -0.25) is 0 Å². The van der Waals surface area contributed by atoms with Gasteiger partial charge in [-0.2, -0.15) is 0 Å². The predicted octanol–water partition coefficient (Wildman–Crippen LogP) is 5.15. The molecule has 114 valence electrons. The van der Waals surface area contributed by atoms with Crippen molar-refractivity contribution < 1.29 is 0 Å². The van der Waals surface area contributed by atoms with Gasteiger partial charge in [0, 0.05) is 6.54 Å². The fraction of sp³-hybridized carbons (Fsp3) is 0.684. The summed E-state index contributed by atoms with van der Waals surface area (Å²) in [5, 5.41) is 3.65. The van der Waals surface area contributed by atoms with Crippen LogP contribution in [0.2, 0.25) is 0 Å². The van der Waals surface area contributed by atoms with Crippen LogP contribution in [0.4, 0.5) is 0 Å². The molecule has 0 aliphatic carbocycles. The summed E-state index contributed by atoms with van der Waals surface area (Å²) in [7, 11) is 0. The maximum atomic E-state index is 3.65. The number of hydrogen-bond acceptors (Lipinski definition) is 1. The highest BCUT2D eigenvalue weighted by molar-refractivity contribution is 5.29. The molecule has 0 saturated heterocycles. The van der Waals surface area contributed by atoms with Crippen molar-refractivity contribution in [2.24, 2.45) is 11.3 Å². The molecule has 20 heavy (non-hydrogen) atoms. The summed E-state index contributed by atoms with van der Waals surface area (Å²) in [6, 6.07) is 8.86. The second-order valence-corrected chi connectivity index (χ2v) is 7.70. The largest absolute Gasteiger partial charge is 0.316 e. The Kier molecular flexibility index (Phi) is 6.75. The summed E-state index contributed by atoms with van der Waals surface area (Å²) in [6.45, 7) is 16.0. The molecule has 0 heterocycles. The molecule has 1 unspecified atom stereocenters. The Morgan fingerprint density at radius 1 is 1.05 bits per heavy atom. The SMILES string of the molecule is Cc1ccccc1C(CCC(C)(C)C)CNCC(C)C. The minimum atomic E-state index is 0.416. The van der Waals surface area contributed by atoms with E-state index >= 15 is 0 Å². The lowest BCUT2D eigenvalue weighted by Crippen LogP contribution is -2.26. The van der Waals surface area contributed by atoms with E-state index in [1.807, 2.05) is 0 Å². The first-order valence-corrected chi connectivity index (χ1v) is 8.06. The van der Waals surface area contributed by atoms with E-state index in [0.717, 1.165) is 19.0 Å². The Bertz CT molecular complexity index is 387. The van der Waals surface area contributed by atoms with Crippen molar-refractivity contribution in [3.05, 3.63) is 35.4 Å². The molecule has 1 rings (SSSR count). The van der Waals surface area contributed by atoms with E-state index in [0.29, 0.717) is 11.3 Å². The molecule has 1 N–H and O–H groups in total. The minimum Gasteiger partial charge on any atom is -0.316 e. The van der Waals surface area contributed by atoms with Crippen molar-refractivity contribution in [1.82, 2.24) is 5.32 Å². The smallest absolute Gasteiger partial charge is 0.00203 e. The van der Waals surface area contributed by atoms with E-state index in [-0.39, 0.29) is 0 Å². The van der Waals surface area contributed by atoms with Crippen LogP contribution in [-0.4, -0.2) is 13.1 Å². The Balaban J connectivity index is 2.71.